The molecule has 3 rings (SSSR count). The van der Waals surface area contributed by atoms with Crippen LogP contribution >= 0.6 is 11.3 Å². The number of nitrogens with one attached hydrogen (secondary N) is 1. The highest BCUT2D eigenvalue weighted by Gasteiger charge is 2.09. The van der Waals surface area contributed by atoms with Crippen molar-refractivity contribution in [1.29, 1.82) is 0 Å². The zero-order chi connectivity index (χ0) is 19.8. The lowest BCUT2D eigenvalue weighted by atomic mass is 10.1. The van der Waals surface area contributed by atoms with Gasteiger partial charge in [0.15, 0.2) is 11.5 Å². The molecule has 3 aromatic rings. The van der Waals surface area contributed by atoms with Gasteiger partial charge in [0.1, 0.15) is 0 Å². The fraction of sp³-hybridized carbons (Fsp3) is 0.273. The number of nitrogens with zero attached hydrogens (tertiary/aromatic N) is 2. The molecule has 2 aromatic carbocycles. The van der Waals surface area contributed by atoms with Gasteiger partial charge in [0.25, 0.3) is 0 Å². The maximum Gasteiger partial charge on any atom is 0.204 e. The van der Waals surface area contributed by atoms with Crippen molar-refractivity contribution in [3.05, 3.63) is 59.0 Å². The van der Waals surface area contributed by atoms with E-state index in [0.29, 0.717) is 12.4 Å². The molecule has 0 atom stereocenters. The largest absolute Gasteiger partial charge is 0.493 e. The van der Waals surface area contributed by atoms with Crippen LogP contribution in [0, 0.1) is 6.92 Å². The molecule has 0 aliphatic carbocycles. The average Bonchev–Trinajstić information content (AvgIpc) is 3.10. The van der Waals surface area contributed by atoms with Crippen molar-refractivity contribution in [3.63, 3.8) is 0 Å². The number of ether oxygens (including phenoxy) is 2. The van der Waals surface area contributed by atoms with E-state index >= 15 is 0 Å². The van der Waals surface area contributed by atoms with E-state index in [2.05, 4.69) is 41.5 Å². The Hall–Kier alpha value is -2.86. The molecule has 0 amide bonds. The summed E-state index contributed by atoms with van der Waals surface area (Å²) < 4.78 is 11.2. The van der Waals surface area contributed by atoms with Gasteiger partial charge in [-0.15, -0.1) is 11.3 Å². The van der Waals surface area contributed by atoms with Crippen LogP contribution in [0.1, 0.15) is 30.2 Å². The molecular weight excluding hydrogens is 370 g/mol. The Bertz CT molecular complexity index is 923. The molecule has 6 heteroatoms. The third-order valence-electron chi connectivity index (χ3n) is 4.16. The third kappa shape index (κ3) is 5.10. The van der Waals surface area contributed by atoms with Crippen LogP contribution in [-0.4, -0.2) is 24.9 Å². The number of aromatic nitrogens is 1. The third-order valence-corrected chi connectivity index (χ3v) is 5.04. The topological polar surface area (TPSA) is 55.7 Å². The van der Waals surface area contributed by atoms with Gasteiger partial charge in [0, 0.05) is 10.4 Å². The van der Waals surface area contributed by atoms with Gasteiger partial charge in [-0.1, -0.05) is 43.7 Å². The number of hydrazone groups is 1. The molecule has 0 aliphatic heterocycles. The Labute approximate surface area is 170 Å². The van der Waals surface area contributed by atoms with Gasteiger partial charge in [-0.3, -0.25) is 5.43 Å². The molecule has 0 bridgehead atoms. The van der Waals surface area contributed by atoms with Gasteiger partial charge < -0.3 is 9.47 Å². The molecule has 0 unspecified atom stereocenters. The van der Waals surface area contributed by atoms with Crippen molar-refractivity contribution >= 4 is 22.7 Å². The molecule has 5 nitrogen and oxygen atoms in total. The number of hydrogen-bond acceptors (Lipinski definition) is 6. The summed E-state index contributed by atoms with van der Waals surface area (Å²) in [6.07, 6.45) is 3.87. The van der Waals surface area contributed by atoms with Gasteiger partial charge in [0.05, 0.1) is 25.6 Å². The number of benzene rings is 2. The second-order valence-corrected chi connectivity index (χ2v) is 7.48. The predicted molar refractivity (Wildman–Crippen MR) is 117 cm³/mol. The number of unbranched alkanes of at least 4 members (excludes halogenated alkanes) is 1. The van der Waals surface area contributed by atoms with E-state index in [1.807, 2.05) is 36.4 Å². The molecule has 0 radical (unpaired) electrons. The van der Waals surface area contributed by atoms with Crippen LogP contribution in [0.5, 0.6) is 11.5 Å². The molecule has 0 spiro atoms. The van der Waals surface area contributed by atoms with Crippen LogP contribution in [0.4, 0.5) is 5.13 Å². The monoisotopic (exact) mass is 395 g/mol. The van der Waals surface area contributed by atoms with E-state index in [0.717, 1.165) is 45.4 Å². The fourth-order valence-corrected chi connectivity index (χ4v) is 3.47. The minimum atomic E-state index is 0.689. The van der Waals surface area contributed by atoms with Crippen molar-refractivity contribution < 1.29 is 9.47 Å². The maximum atomic E-state index is 5.76. The summed E-state index contributed by atoms with van der Waals surface area (Å²) in [6.45, 7) is 4.89. The highest BCUT2D eigenvalue weighted by molar-refractivity contribution is 7.15. The van der Waals surface area contributed by atoms with Gasteiger partial charge in [-0.25, -0.2) is 4.98 Å². The smallest absolute Gasteiger partial charge is 0.204 e. The lowest BCUT2D eigenvalue weighted by molar-refractivity contribution is 0.288. The van der Waals surface area contributed by atoms with Crippen LogP contribution in [0.2, 0.25) is 0 Å². The second kappa shape index (κ2) is 9.90. The first kappa shape index (κ1) is 19.9. The SMILES string of the molecule is CCCCOc1ccc(/C=N/Nc2nc(-c3ccccc3)c(C)s2)cc1OC. The van der Waals surface area contributed by atoms with Crippen molar-refractivity contribution in [2.24, 2.45) is 5.10 Å². The summed E-state index contributed by atoms with van der Waals surface area (Å²) in [5.74, 6) is 1.46. The zero-order valence-corrected chi connectivity index (χ0v) is 17.3. The fourth-order valence-electron chi connectivity index (χ4n) is 2.68. The number of methoxy groups -OCH3 is 1. The van der Waals surface area contributed by atoms with E-state index < -0.39 is 0 Å². The first-order chi connectivity index (χ1) is 13.7. The molecule has 0 aliphatic rings. The minimum Gasteiger partial charge on any atom is -0.493 e. The lowest BCUT2D eigenvalue weighted by Crippen LogP contribution is -1.99. The number of anilines is 1. The van der Waals surface area contributed by atoms with Gasteiger partial charge >= 0.3 is 0 Å². The van der Waals surface area contributed by atoms with E-state index in [-0.39, 0.29) is 0 Å². The van der Waals surface area contributed by atoms with E-state index in [4.69, 9.17) is 9.47 Å². The van der Waals surface area contributed by atoms with Crippen LogP contribution in [-0.2, 0) is 0 Å². The molecule has 28 heavy (non-hydrogen) atoms. The van der Waals surface area contributed by atoms with Gasteiger partial charge in [-0.2, -0.15) is 5.10 Å². The standard InChI is InChI=1S/C22H25N3O2S/c1-4-5-13-27-19-12-11-17(14-20(19)26-3)15-23-25-22-24-21(16(2)28-22)18-9-7-6-8-10-18/h6-12,14-15H,4-5,13H2,1-3H3,(H,24,25)/b23-15+. The Kier molecular flexibility index (Phi) is 7.03. The van der Waals surface area contributed by atoms with Crippen LogP contribution in [0.3, 0.4) is 0 Å². The first-order valence-electron chi connectivity index (χ1n) is 9.34. The molecule has 146 valence electrons. The molecule has 0 fully saturated rings. The normalized spacial score (nSPS) is 11.0. The Morgan fingerprint density at radius 3 is 2.71 bits per heavy atom. The predicted octanol–water partition coefficient (Wildman–Crippen LogP) is 5.75. The average molecular weight is 396 g/mol. The summed E-state index contributed by atoms with van der Waals surface area (Å²) in [5, 5.41) is 5.08. The van der Waals surface area contributed by atoms with Crippen LogP contribution in [0.25, 0.3) is 11.3 Å². The van der Waals surface area contributed by atoms with Gasteiger partial charge in [-0.05, 0) is 37.1 Å². The highest BCUT2D eigenvalue weighted by Crippen LogP contribution is 2.30. The number of hydrogen-bond donors (Lipinski definition) is 1. The molecule has 1 aromatic heterocycles. The van der Waals surface area contributed by atoms with Crippen molar-refractivity contribution in [3.8, 4) is 22.8 Å². The van der Waals surface area contributed by atoms with Crippen LogP contribution < -0.4 is 14.9 Å². The molecule has 0 saturated carbocycles. The van der Waals surface area contributed by atoms with Crippen molar-refractivity contribution in [2.75, 3.05) is 19.1 Å². The van der Waals surface area contributed by atoms with E-state index in [1.165, 1.54) is 0 Å². The number of thiazole rings is 1. The summed E-state index contributed by atoms with van der Waals surface area (Å²) in [4.78, 5) is 5.80. The van der Waals surface area contributed by atoms with Crippen LogP contribution in [0.15, 0.2) is 53.6 Å². The van der Waals surface area contributed by atoms with Crippen molar-refractivity contribution in [2.45, 2.75) is 26.7 Å². The zero-order valence-electron chi connectivity index (χ0n) is 16.4. The summed E-state index contributed by atoms with van der Waals surface area (Å²) in [7, 11) is 1.64. The second-order valence-electron chi connectivity index (χ2n) is 6.27. The maximum absolute atomic E-state index is 5.76. The minimum absolute atomic E-state index is 0.689. The first-order valence-corrected chi connectivity index (χ1v) is 10.2. The number of rotatable bonds is 9. The number of aryl methyl sites for hydroxylation is 1. The quantitative estimate of drug-likeness (QED) is 0.285. The molecular formula is C22H25N3O2S. The summed E-state index contributed by atoms with van der Waals surface area (Å²) >= 11 is 1.58. The van der Waals surface area contributed by atoms with E-state index in [1.54, 1.807) is 24.7 Å². The van der Waals surface area contributed by atoms with E-state index in [9.17, 15) is 0 Å². The summed E-state index contributed by atoms with van der Waals surface area (Å²) in [6, 6.07) is 15.9. The summed E-state index contributed by atoms with van der Waals surface area (Å²) in [5.41, 5.74) is 6.04. The Morgan fingerprint density at radius 2 is 1.96 bits per heavy atom. The Balaban J connectivity index is 1.66. The van der Waals surface area contributed by atoms with Gasteiger partial charge in [0.2, 0.25) is 5.13 Å². The van der Waals surface area contributed by atoms with Crippen molar-refractivity contribution in [1.82, 2.24) is 4.98 Å². The molecule has 1 heterocycles. The Morgan fingerprint density at radius 1 is 1.14 bits per heavy atom. The lowest BCUT2D eigenvalue weighted by Gasteiger charge is -2.10. The molecule has 0 saturated heterocycles. The molecule has 1 N–H and O–H groups in total. The highest BCUT2D eigenvalue weighted by atomic mass is 32.1.